The number of anilines is 1. The van der Waals surface area contributed by atoms with Gasteiger partial charge in [-0.1, -0.05) is 6.07 Å². The van der Waals surface area contributed by atoms with Crippen LogP contribution < -0.4 is 24.4 Å². The minimum atomic E-state index is -0.164. The van der Waals surface area contributed by atoms with Crippen molar-refractivity contribution < 1.29 is 14.2 Å². The Balaban J connectivity index is 1.68. The number of pyridine rings is 1. The molecule has 0 bridgehead atoms. The highest BCUT2D eigenvalue weighted by molar-refractivity contribution is 7.80. The van der Waals surface area contributed by atoms with E-state index < -0.39 is 0 Å². The molecule has 7 nitrogen and oxygen atoms in total. The van der Waals surface area contributed by atoms with Crippen LogP contribution in [0, 0.1) is 13.8 Å². The third kappa shape index (κ3) is 4.38. The first kappa shape index (κ1) is 24.6. The lowest BCUT2D eigenvalue weighted by atomic mass is 9.96. The molecule has 4 aromatic rings. The van der Waals surface area contributed by atoms with Crippen LogP contribution >= 0.6 is 12.2 Å². The number of aromatic nitrogens is 2. The summed E-state index contributed by atoms with van der Waals surface area (Å²) in [6.45, 7) is 4.27. The Morgan fingerprint density at radius 2 is 1.59 bits per heavy atom. The minimum absolute atomic E-state index is 0.162. The van der Waals surface area contributed by atoms with Crippen LogP contribution in [0.5, 0.6) is 17.2 Å². The summed E-state index contributed by atoms with van der Waals surface area (Å²) in [6.07, 6.45) is 1.81. The van der Waals surface area contributed by atoms with Crippen molar-refractivity contribution >= 4 is 23.0 Å². The molecule has 0 unspecified atom stereocenters. The number of hydrogen-bond donors (Lipinski definition) is 1. The fourth-order valence-electron chi connectivity index (χ4n) is 5.13. The third-order valence-electron chi connectivity index (χ3n) is 6.86. The van der Waals surface area contributed by atoms with E-state index in [4.69, 9.17) is 26.4 Å². The molecular weight excluding hydrogens is 484 g/mol. The summed E-state index contributed by atoms with van der Waals surface area (Å²) in [6, 6.07) is 21.8. The highest BCUT2D eigenvalue weighted by atomic mass is 32.1. The van der Waals surface area contributed by atoms with Crippen molar-refractivity contribution in [2.45, 2.75) is 25.9 Å². The summed E-state index contributed by atoms with van der Waals surface area (Å²) >= 11 is 5.93. The summed E-state index contributed by atoms with van der Waals surface area (Å²) in [5.74, 6) is 2.22. The zero-order chi connectivity index (χ0) is 26.1. The number of benzene rings is 2. The number of ether oxygens (including phenoxy) is 3. The molecule has 1 fully saturated rings. The van der Waals surface area contributed by atoms with Gasteiger partial charge < -0.3 is 29.0 Å². The molecule has 0 aliphatic carbocycles. The minimum Gasteiger partial charge on any atom is -0.497 e. The Morgan fingerprint density at radius 1 is 0.865 bits per heavy atom. The highest BCUT2D eigenvalue weighted by Gasteiger charge is 2.43. The van der Waals surface area contributed by atoms with Gasteiger partial charge in [-0.2, -0.15) is 0 Å². The summed E-state index contributed by atoms with van der Waals surface area (Å²) < 4.78 is 18.8. The van der Waals surface area contributed by atoms with E-state index in [0.717, 1.165) is 39.8 Å². The van der Waals surface area contributed by atoms with E-state index in [-0.39, 0.29) is 12.1 Å². The molecule has 2 aromatic carbocycles. The molecule has 2 aromatic heterocycles. The third-order valence-corrected chi connectivity index (χ3v) is 7.18. The van der Waals surface area contributed by atoms with Crippen LogP contribution in [0.4, 0.5) is 5.69 Å². The van der Waals surface area contributed by atoms with Crippen molar-refractivity contribution in [3.63, 3.8) is 0 Å². The molecular formula is C29H30N4O3S. The van der Waals surface area contributed by atoms with Crippen LogP contribution in [0.2, 0.25) is 0 Å². The van der Waals surface area contributed by atoms with Crippen LogP contribution in [0.1, 0.15) is 34.7 Å². The maximum Gasteiger partial charge on any atom is 0.174 e. The molecule has 0 amide bonds. The molecule has 1 saturated heterocycles. The van der Waals surface area contributed by atoms with Gasteiger partial charge in [0.2, 0.25) is 0 Å². The van der Waals surface area contributed by atoms with E-state index >= 15 is 0 Å². The topological polar surface area (TPSA) is 60.8 Å². The lowest BCUT2D eigenvalue weighted by molar-refractivity contribution is 0.394. The van der Waals surface area contributed by atoms with E-state index in [2.05, 4.69) is 51.8 Å². The zero-order valence-corrected chi connectivity index (χ0v) is 22.4. The van der Waals surface area contributed by atoms with Crippen LogP contribution in [-0.2, 0) is 0 Å². The maximum absolute atomic E-state index is 5.93. The molecule has 1 aliphatic rings. The Bertz CT molecular complexity index is 1420. The van der Waals surface area contributed by atoms with E-state index in [9.17, 15) is 0 Å². The molecule has 0 spiro atoms. The van der Waals surface area contributed by atoms with E-state index in [1.54, 1.807) is 21.3 Å². The monoisotopic (exact) mass is 514 g/mol. The van der Waals surface area contributed by atoms with E-state index in [1.807, 2.05) is 54.7 Å². The first-order valence-electron chi connectivity index (χ1n) is 12.0. The van der Waals surface area contributed by atoms with Gasteiger partial charge in [-0.05, 0) is 86.2 Å². The summed E-state index contributed by atoms with van der Waals surface area (Å²) in [5.41, 5.74) is 6.24. The van der Waals surface area contributed by atoms with Crippen molar-refractivity contribution in [3.05, 3.63) is 95.6 Å². The predicted octanol–water partition coefficient (Wildman–Crippen LogP) is 5.69. The molecule has 1 aliphatic heterocycles. The Labute approximate surface area is 222 Å². The van der Waals surface area contributed by atoms with Crippen molar-refractivity contribution in [2.24, 2.45) is 0 Å². The normalized spacial score (nSPS) is 17.0. The van der Waals surface area contributed by atoms with E-state index in [0.29, 0.717) is 16.6 Å². The highest BCUT2D eigenvalue weighted by Crippen LogP contribution is 2.46. The van der Waals surface area contributed by atoms with Crippen LogP contribution in [0.3, 0.4) is 0 Å². The van der Waals surface area contributed by atoms with Gasteiger partial charge in [-0.15, -0.1) is 0 Å². The second-order valence-electron chi connectivity index (χ2n) is 8.89. The van der Waals surface area contributed by atoms with Gasteiger partial charge in [0.1, 0.15) is 17.2 Å². The average Bonchev–Trinajstić information content (AvgIpc) is 3.43. The summed E-state index contributed by atoms with van der Waals surface area (Å²) in [5, 5.41) is 4.15. The largest absolute Gasteiger partial charge is 0.497 e. The molecule has 190 valence electrons. The van der Waals surface area contributed by atoms with Gasteiger partial charge in [0.05, 0.1) is 44.8 Å². The van der Waals surface area contributed by atoms with Gasteiger partial charge in [0.15, 0.2) is 5.11 Å². The predicted molar refractivity (Wildman–Crippen MR) is 149 cm³/mol. The van der Waals surface area contributed by atoms with Gasteiger partial charge in [-0.3, -0.25) is 4.98 Å². The molecule has 37 heavy (non-hydrogen) atoms. The molecule has 8 heteroatoms. The molecule has 3 heterocycles. The molecule has 1 N–H and O–H groups in total. The van der Waals surface area contributed by atoms with Crippen molar-refractivity contribution in [3.8, 4) is 22.9 Å². The first-order chi connectivity index (χ1) is 18.0. The number of nitrogens with one attached hydrogen (secondary N) is 1. The van der Waals surface area contributed by atoms with Gasteiger partial charge >= 0.3 is 0 Å². The van der Waals surface area contributed by atoms with Gasteiger partial charge in [-0.25, -0.2) is 0 Å². The quantitative estimate of drug-likeness (QED) is 0.318. The first-order valence-corrected chi connectivity index (χ1v) is 12.4. The number of rotatable bonds is 7. The number of nitrogens with zero attached hydrogens (tertiary/aromatic N) is 3. The van der Waals surface area contributed by atoms with Gasteiger partial charge in [0.25, 0.3) is 0 Å². The standard InChI is InChI=1S/C29H30N4O3S/c1-18-16-23(19(2)32(18)20-9-11-21(34-3)12-10-20)28-27(24-8-6-7-15-30-24)31-29(37)33(28)25-14-13-22(35-4)17-26(25)36-5/h6-17,27-28H,1-5H3,(H,31,37)/t27-,28-/m1/s1. The van der Waals surface area contributed by atoms with Gasteiger partial charge in [0, 0.05) is 29.3 Å². The molecule has 5 rings (SSSR count). The number of hydrogen-bond acceptors (Lipinski definition) is 5. The Hall–Kier alpha value is -4.04. The molecule has 0 saturated carbocycles. The Kier molecular flexibility index (Phi) is 6.76. The smallest absolute Gasteiger partial charge is 0.174 e. The number of methoxy groups -OCH3 is 3. The fourth-order valence-corrected chi connectivity index (χ4v) is 5.47. The van der Waals surface area contributed by atoms with Crippen LogP contribution in [-0.4, -0.2) is 36.0 Å². The molecule has 2 atom stereocenters. The lowest BCUT2D eigenvalue weighted by Crippen LogP contribution is -2.30. The second kappa shape index (κ2) is 10.1. The zero-order valence-electron chi connectivity index (χ0n) is 21.6. The average molecular weight is 515 g/mol. The van der Waals surface area contributed by atoms with Crippen LogP contribution in [0.25, 0.3) is 5.69 Å². The summed E-state index contributed by atoms with van der Waals surface area (Å²) in [7, 11) is 4.98. The number of thiocarbonyl (C=S) groups is 1. The number of aryl methyl sites for hydroxylation is 1. The van der Waals surface area contributed by atoms with Crippen molar-refractivity contribution in [2.75, 3.05) is 26.2 Å². The SMILES string of the molecule is COc1ccc(-n2c(C)cc([C@@H]3[C@@H](c4ccccn4)NC(=S)N3c3ccc(OC)cc3OC)c2C)cc1. The van der Waals surface area contributed by atoms with Crippen molar-refractivity contribution in [1.29, 1.82) is 0 Å². The lowest BCUT2D eigenvalue weighted by Gasteiger charge is -2.29. The maximum atomic E-state index is 5.93. The fraction of sp³-hybridized carbons (Fsp3) is 0.241. The Morgan fingerprint density at radius 3 is 2.24 bits per heavy atom. The van der Waals surface area contributed by atoms with Crippen molar-refractivity contribution in [1.82, 2.24) is 14.9 Å². The van der Waals surface area contributed by atoms with E-state index in [1.165, 1.54) is 0 Å². The second-order valence-corrected chi connectivity index (χ2v) is 9.28. The summed E-state index contributed by atoms with van der Waals surface area (Å²) in [4.78, 5) is 6.82. The van der Waals surface area contributed by atoms with Crippen LogP contribution in [0.15, 0.2) is 72.9 Å². The molecule has 0 radical (unpaired) electrons.